The number of hydrogen-bond donors (Lipinski definition) is 0. The van der Waals surface area contributed by atoms with Gasteiger partial charge in [0.25, 0.3) is 0 Å². The Morgan fingerprint density at radius 1 is 1.22 bits per heavy atom. The molecule has 0 aliphatic rings. The van der Waals surface area contributed by atoms with Crippen LogP contribution in [0.25, 0.3) is 10.5 Å². The summed E-state index contributed by atoms with van der Waals surface area (Å²) in [6.45, 7) is 6.79. The molecule has 1 heterocycles. The molecule has 1 aromatic heterocycles. The second kappa shape index (κ2) is 4.46. The van der Waals surface area contributed by atoms with E-state index in [1.807, 2.05) is 0 Å². The highest BCUT2D eigenvalue weighted by Gasteiger charge is 2.34. The molecule has 92 valence electrons. The number of nitrogens with zero attached hydrogens (tertiary/aromatic N) is 3. The molecule has 0 unspecified atom stereocenters. The van der Waals surface area contributed by atoms with Crippen LogP contribution in [-0.2, 0) is 6.18 Å². The number of imidazole rings is 1. The summed E-state index contributed by atoms with van der Waals surface area (Å²) in [4.78, 5) is 6.60. The van der Waals surface area contributed by atoms with Crippen LogP contribution in [0.3, 0.4) is 0 Å². The minimum absolute atomic E-state index is 0.0605. The molecular formula is C11H5BrF3N3. The predicted molar refractivity (Wildman–Crippen MR) is 62.5 cm³/mol. The zero-order valence-corrected chi connectivity index (χ0v) is 10.3. The Labute approximate surface area is 109 Å². The lowest BCUT2D eigenvalue weighted by molar-refractivity contribution is -0.141. The van der Waals surface area contributed by atoms with Crippen LogP contribution in [0.5, 0.6) is 0 Å². The van der Waals surface area contributed by atoms with Crippen LogP contribution in [0.2, 0.25) is 0 Å². The Morgan fingerprint density at radius 3 is 2.28 bits per heavy atom. The van der Waals surface area contributed by atoms with Crippen molar-refractivity contribution in [2.75, 3.05) is 0 Å². The first-order valence-corrected chi connectivity index (χ1v) is 5.51. The predicted octanol–water partition coefficient (Wildman–Crippen LogP) is 4.20. The molecule has 0 amide bonds. The first kappa shape index (κ1) is 12.6. The van der Waals surface area contributed by atoms with E-state index in [0.717, 1.165) is 6.20 Å². The standard InChI is InChI=1S/C11H5BrF3N3/c1-16-7-2-4-8(5-3-7)18-6-9(11(13,14)15)17-10(18)12/h2-6H. The second-order valence-electron chi connectivity index (χ2n) is 3.39. The van der Waals surface area contributed by atoms with Gasteiger partial charge in [-0.05, 0) is 28.1 Å². The van der Waals surface area contributed by atoms with E-state index in [9.17, 15) is 13.2 Å². The molecule has 2 aromatic rings. The van der Waals surface area contributed by atoms with Gasteiger partial charge in [0.15, 0.2) is 16.1 Å². The van der Waals surface area contributed by atoms with Gasteiger partial charge in [-0.25, -0.2) is 9.83 Å². The van der Waals surface area contributed by atoms with Gasteiger partial charge in [0.2, 0.25) is 0 Å². The molecule has 7 heteroatoms. The fourth-order valence-electron chi connectivity index (χ4n) is 1.36. The lowest BCUT2D eigenvalue weighted by Gasteiger charge is -2.03. The van der Waals surface area contributed by atoms with Crippen LogP contribution in [-0.4, -0.2) is 9.55 Å². The van der Waals surface area contributed by atoms with E-state index in [4.69, 9.17) is 6.57 Å². The lowest BCUT2D eigenvalue weighted by Crippen LogP contribution is -2.04. The van der Waals surface area contributed by atoms with Gasteiger partial charge in [-0.3, -0.25) is 4.57 Å². The van der Waals surface area contributed by atoms with Crippen molar-refractivity contribution in [1.29, 1.82) is 0 Å². The molecule has 0 spiro atoms. The number of halogens is 4. The van der Waals surface area contributed by atoms with E-state index in [0.29, 0.717) is 11.4 Å². The fourth-order valence-corrected chi connectivity index (χ4v) is 1.86. The maximum atomic E-state index is 12.5. The molecule has 0 bridgehead atoms. The summed E-state index contributed by atoms with van der Waals surface area (Å²) in [6.07, 6.45) is -3.58. The minimum Gasteiger partial charge on any atom is -0.294 e. The number of rotatable bonds is 1. The summed E-state index contributed by atoms with van der Waals surface area (Å²) in [5.74, 6) is 0. The van der Waals surface area contributed by atoms with Gasteiger partial charge in [-0.15, -0.1) is 0 Å². The van der Waals surface area contributed by atoms with Gasteiger partial charge >= 0.3 is 6.18 Å². The van der Waals surface area contributed by atoms with E-state index in [1.165, 1.54) is 16.7 Å². The Bertz CT molecular complexity index is 608. The van der Waals surface area contributed by atoms with Crippen LogP contribution in [0, 0.1) is 6.57 Å². The third-order valence-electron chi connectivity index (χ3n) is 2.21. The van der Waals surface area contributed by atoms with Gasteiger partial charge < -0.3 is 0 Å². The molecule has 0 saturated heterocycles. The largest absolute Gasteiger partial charge is 0.434 e. The average molecular weight is 316 g/mol. The third-order valence-corrected chi connectivity index (χ3v) is 2.77. The quantitative estimate of drug-likeness (QED) is 0.723. The zero-order valence-electron chi connectivity index (χ0n) is 8.74. The Balaban J connectivity index is 2.45. The Kier molecular flexibility index (Phi) is 3.13. The van der Waals surface area contributed by atoms with Gasteiger partial charge in [-0.2, -0.15) is 13.2 Å². The normalized spacial score (nSPS) is 11.3. The summed E-state index contributed by atoms with van der Waals surface area (Å²) in [6, 6.07) is 6.17. The van der Waals surface area contributed by atoms with Crippen LogP contribution >= 0.6 is 15.9 Å². The summed E-state index contributed by atoms with van der Waals surface area (Å²) in [7, 11) is 0. The average Bonchev–Trinajstić information content (AvgIpc) is 2.71. The van der Waals surface area contributed by atoms with E-state index in [2.05, 4.69) is 25.8 Å². The van der Waals surface area contributed by atoms with Gasteiger partial charge in [-0.1, -0.05) is 12.1 Å². The zero-order chi connectivity index (χ0) is 13.3. The van der Waals surface area contributed by atoms with Crippen molar-refractivity contribution in [3.63, 3.8) is 0 Å². The SMILES string of the molecule is [C-]#[N+]c1ccc(-n2cc(C(F)(F)F)nc2Br)cc1. The molecule has 0 fully saturated rings. The van der Waals surface area contributed by atoms with Crippen LogP contribution in [0.1, 0.15) is 5.69 Å². The van der Waals surface area contributed by atoms with E-state index < -0.39 is 11.9 Å². The second-order valence-corrected chi connectivity index (χ2v) is 4.10. The molecular weight excluding hydrogens is 311 g/mol. The Hall–Kier alpha value is -1.81. The number of aromatic nitrogens is 2. The van der Waals surface area contributed by atoms with E-state index >= 15 is 0 Å². The van der Waals surface area contributed by atoms with Gasteiger partial charge in [0.1, 0.15) is 0 Å². The van der Waals surface area contributed by atoms with Crippen molar-refractivity contribution in [2.24, 2.45) is 0 Å². The first-order valence-electron chi connectivity index (χ1n) is 4.72. The minimum atomic E-state index is -4.48. The molecule has 0 saturated carbocycles. The first-order chi connectivity index (χ1) is 8.41. The smallest absolute Gasteiger partial charge is 0.294 e. The number of hydrogen-bond acceptors (Lipinski definition) is 1. The molecule has 1 aromatic carbocycles. The molecule has 18 heavy (non-hydrogen) atoms. The summed E-state index contributed by atoms with van der Waals surface area (Å²) in [5.41, 5.74) is -0.0491. The van der Waals surface area contributed by atoms with Gasteiger partial charge in [0, 0.05) is 11.9 Å². The maximum absolute atomic E-state index is 12.5. The lowest BCUT2D eigenvalue weighted by atomic mass is 10.3. The molecule has 0 N–H and O–H groups in total. The summed E-state index contributed by atoms with van der Waals surface area (Å²) >= 11 is 2.97. The highest BCUT2D eigenvalue weighted by Crippen LogP contribution is 2.31. The molecule has 0 atom stereocenters. The van der Waals surface area contributed by atoms with Gasteiger partial charge in [0.05, 0.1) is 6.57 Å². The molecule has 2 rings (SSSR count). The van der Waals surface area contributed by atoms with Crippen molar-refractivity contribution < 1.29 is 13.2 Å². The van der Waals surface area contributed by atoms with Crippen molar-refractivity contribution in [3.8, 4) is 5.69 Å². The number of alkyl halides is 3. The van der Waals surface area contributed by atoms with Crippen molar-refractivity contribution in [3.05, 3.63) is 52.3 Å². The molecule has 0 aliphatic carbocycles. The topological polar surface area (TPSA) is 22.2 Å². The fraction of sp³-hybridized carbons (Fsp3) is 0.0909. The maximum Gasteiger partial charge on any atom is 0.434 e. The van der Waals surface area contributed by atoms with Crippen molar-refractivity contribution in [2.45, 2.75) is 6.18 Å². The molecule has 3 nitrogen and oxygen atoms in total. The molecule has 0 aliphatic heterocycles. The third kappa shape index (κ3) is 2.38. The monoisotopic (exact) mass is 315 g/mol. The highest BCUT2D eigenvalue weighted by atomic mass is 79.9. The summed E-state index contributed by atoms with van der Waals surface area (Å²) < 4.78 is 38.8. The molecule has 0 radical (unpaired) electrons. The van der Waals surface area contributed by atoms with Crippen LogP contribution in [0.15, 0.2) is 35.2 Å². The van der Waals surface area contributed by atoms with E-state index in [1.54, 1.807) is 12.1 Å². The van der Waals surface area contributed by atoms with E-state index in [-0.39, 0.29) is 4.73 Å². The van der Waals surface area contributed by atoms with Crippen molar-refractivity contribution >= 4 is 21.6 Å². The number of benzene rings is 1. The van der Waals surface area contributed by atoms with Crippen LogP contribution < -0.4 is 0 Å². The Morgan fingerprint density at radius 2 is 1.83 bits per heavy atom. The highest BCUT2D eigenvalue weighted by molar-refractivity contribution is 9.10. The summed E-state index contributed by atoms with van der Waals surface area (Å²) in [5, 5.41) is 0. The van der Waals surface area contributed by atoms with Crippen LogP contribution in [0.4, 0.5) is 18.9 Å². The van der Waals surface area contributed by atoms with Crippen molar-refractivity contribution in [1.82, 2.24) is 9.55 Å².